The fraction of sp³-hybridized carbons (Fsp3) is 0.278. The summed E-state index contributed by atoms with van der Waals surface area (Å²) in [5, 5.41) is 8.66. The van der Waals surface area contributed by atoms with Crippen molar-refractivity contribution < 1.29 is 0 Å². The Bertz CT molecular complexity index is 578. The van der Waals surface area contributed by atoms with Crippen molar-refractivity contribution >= 4 is 0 Å². The first-order valence-electron chi connectivity index (χ1n) is 6.57. The minimum atomic E-state index is 0.190. The van der Waals surface area contributed by atoms with Crippen LogP contribution in [0.2, 0.25) is 0 Å². The average Bonchev–Trinajstić information content (AvgIpc) is 2.39. The van der Waals surface area contributed by atoms with E-state index >= 15 is 0 Å². The van der Waals surface area contributed by atoms with Crippen molar-refractivity contribution in [1.29, 1.82) is 5.26 Å². The first-order valence-corrected chi connectivity index (χ1v) is 6.57. The molecule has 0 saturated carbocycles. The lowest BCUT2D eigenvalue weighted by Crippen LogP contribution is -2.10. The number of nitrogens with zero attached hydrogens (tertiary/aromatic N) is 1. The van der Waals surface area contributed by atoms with Gasteiger partial charge in [-0.25, -0.2) is 0 Å². The molecule has 1 heteroatoms. The van der Waals surface area contributed by atoms with Crippen molar-refractivity contribution in [1.82, 2.24) is 0 Å². The second-order valence-corrected chi connectivity index (χ2v) is 5.86. The van der Waals surface area contributed by atoms with Gasteiger partial charge >= 0.3 is 0 Å². The largest absolute Gasteiger partial charge is 0.198 e. The highest BCUT2D eigenvalue weighted by atomic mass is 14.2. The van der Waals surface area contributed by atoms with Crippen LogP contribution in [0.5, 0.6) is 0 Å². The molecule has 0 aliphatic rings. The highest BCUT2D eigenvalue weighted by molar-refractivity contribution is 5.64. The summed E-state index contributed by atoms with van der Waals surface area (Å²) in [6.07, 6.45) is 0.475. The van der Waals surface area contributed by atoms with Gasteiger partial charge in [0, 0.05) is 0 Å². The molecule has 0 amide bonds. The van der Waals surface area contributed by atoms with Gasteiger partial charge in [-0.2, -0.15) is 5.26 Å². The lowest BCUT2D eigenvalue weighted by atomic mass is 9.86. The van der Waals surface area contributed by atoms with Crippen molar-refractivity contribution in [2.45, 2.75) is 32.6 Å². The van der Waals surface area contributed by atoms with E-state index in [0.717, 1.165) is 5.56 Å². The number of hydrogen-bond donors (Lipinski definition) is 0. The van der Waals surface area contributed by atoms with Crippen LogP contribution in [-0.2, 0) is 11.8 Å². The Kier molecular flexibility index (Phi) is 3.71. The normalized spacial score (nSPS) is 11.1. The van der Waals surface area contributed by atoms with Crippen LogP contribution >= 0.6 is 0 Å². The predicted octanol–water partition coefficient (Wildman–Crippen LogP) is 4.72. The van der Waals surface area contributed by atoms with E-state index in [0.29, 0.717) is 6.42 Å². The third-order valence-corrected chi connectivity index (χ3v) is 3.32. The first kappa shape index (κ1) is 13.4. The van der Waals surface area contributed by atoms with Gasteiger partial charge in [-0.15, -0.1) is 0 Å². The molecule has 0 aromatic heterocycles. The van der Waals surface area contributed by atoms with Crippen LogP contribution in [0.3, 0.4) is 0 Å². The van der Waals surface area contributed by atoms with Crippen LogP contribution in [0, 0.1) is 11.3 Å². The van der Waals surface area contributed by atoms with Crippen molar-refractivity contribution in [3.05, 3.63) is 59.7 Å². The summed E-state index contributed by atoms with van der Waals surface area (Å²) in [5.74, 6) is 0. The topological polar surface area (TPSA) is 23.8 Å². The fourth-order valence-corrected chi connectivity index (χ4v) is 2.07. The molecule has 0 aliphatic carbocycles. The maximum absolute atomic E-state index is 8.66. The minimum Gasteiger partial charge on any atom is -0.198 e. The van der Waals surface area contributed by atoms with Gasteiger partial charge in [0.2, 0.25) is 0 Å². The van der Waals surface area contributed by atoms with Gasteiger partial charge in [-0.1, -0.05) is 69.3 Å². The number of rotatable bonds is 2. The summed E-state index contributed by atoms with van der Waals surface area (Å²) < 4.78 is 0. The molecular formula is C18H19N. The molecule has 0 spiro atoms. The molecule has 0 radical (unpaired) electrons. The molecule has 96 valence electrons. The molecule has 0 N–H and O–H groups in total. The molecule has 2 aromatic carbocycles. The molecule has 19 heavy (non-hydrogen) atoms. The Morgan fingerprint density at radius 2 is 1.32 bits per heavy atom. The van der Waals surface area contributed by atoms with Gasteiger partial charge in [-0.3, -0.25) is 0 Å². The molecule has 0 fully saturated rings. The van der Waals surface area contributed by atoms with Crippen LogP contribution < -0.4 is 0 Å². The number of benzene rings is 2. The number of hydrogen-bond acceptors (Lipinski definition) is 1. The first-order chi connectivity index (χ1) is 9.00. The zero-order valence-electron chi connectivity index (χ0n) is 11.8. The summed E-state index contributed by atoms with van der Waals surface area (Å²) in [6.45, 7) is 6.66. The van der Waals surface area contributed by atoms with Crippen molar-refractivity contribution in [2.24, 2.45) is 0 Å². The Balaban J connectivity index is 2.25. The molecule has 2 rings (SSSR count). The van der Waals surface area contributed by atoms with Crippen LogP contribution in [0.1, 0.15) is 31.9 Å². The van der Waals surface area contributed by atoms with Crippen LogP contribution in [0.15, 0.2) is 48.5 Å². The van der Waals surface area contributed by atoms with Crippen molar-refractivity contribution in [3.8, 4) is 17.2 Å². The fourth-order valence-electron chi connectivity index (χ4n) is 2.07. The van der Waals surface area contributed by atoms with E-state index in [4.69, 9.17) is 5.26 Å². The molecule has 0 saturated heterocycles. The zero-order valence-corrected chi connectivity index (χ0v) is 11.8. The highest BCUT2D eigenvalue weighted by Crippen LogP contribution is 2.26. The van der Waals surface area contributed by atoms with Gasteiger partial charge < -0.3 is 0 Å². The lowest BCUT2D eigenvalue weighted by Gasteiger charge is -2.19. The number of nitriles is 1. The smallest absolute Gasteiger partial charge is 0.0669 e. The van der Waals surface area contributed by atoms with Gasteiger partial charge in [0.25, 0.3) is 0 Å². The molecular weight excluding hydrogens is 230 g/mol. The van der Waals surface area contributed by atoms with E-state index in [1.807, 2.05) is 12.1 Å². The van der Waals surface area contributed by atoms with E-state index in [1.54, 1.807) is 0 Å². The Labute approximate surface area is 115 Å². The monoisotopic (exact) mass is 249 g/mol. The van der Waals surface area contributed by atoms with E-state index in [1.165, 1.54) is 16.7 Å². The van der Waals surface area contributed by atoms with Gasteiger partial charge in [-0.05, 0) is 27.7 Å². The van der Waals surface area contributed by atoms with Gasteiger partial charge in [0.05, 0.1) is 12.5 Å². The summed E-state index contributed by atoms with van der Waals surface area (Å²) in [4.78, 5) is 0. The molecule has 0 bridgehead atoms. The van der Waals surface area contributed by atoms with E-state index < -0.39 is 0 Å². The summed E-state index contributed by atoms with van der Waals surface area (Å²) in [6, 6.07) is 19.1. The molecule has 0 heterocycles. The van der Waals surface area contributed by atoms with Crippen molar-refractivity contribution in [2.75, 3.05) is 0 Å². The van der Waals surface area contributed by atoms with E-state index in [2.05, 4.69) is 63.2 Å². The second-order valence-electron chi connectivity index (χ2n) is 5.86. The van der Waals surface area contributed by atoms with Gasteiger partial charge in [0.1, 0.15) is 0 Å². The second kappa shape index (κ2) is 5.28. The Hall–Kier alpha value is -2.07. The quantitative estimate of drug-likeness (QED) is 0.755. The van der Waals surface area contributed by atoms with E-state index in [-0.39, 0.29) is 5.41 Å². The summed E-state index contributed by atoms with van der Waals surface area (Å²) >= 11 is 0. The maximum atomic E-state index is 8.66. The Morgan fingerprint density at radius 1 is 0.842 bits per heavy atom. The molecule has 1 nitrogen and oxygen atoms in total. The highest BCUT2D eigenvalue weighted by Gasteiger charge is 2.12. The zero-order chi connectivity index (χ0) is 13.9. The van der Waals surface area contributed by atoms with Crippen LogP contribution in [0.4, 0.5) is 0 Å². The van der Waals surface area contributed by atoms with E-state index in [9.17, 15) is 0 Å². The molecule has 0 atom stereocenters. The minimum absolute atomic E-state index is 0.190. The molecule has 0 aliphatic heterocycles. The predicted molar refractivity (Wildman–Crippen MR) is 79.9 cm³/mol. The molecule has 2 aromatic rings. The van der Waals surface area contributed by atoms with Crippen LogP contribution in [0.25, 0.3) is 11.1 Å². The maximum Gasteiger partial charge on any atom is 0.0669 e. The van der Waals surface area contributed by atoms with Crippen LogP contribution in [-0.4, -0.2) is 0 Å². The SMILES string of the molecule is CC(C)(C)c1ccc(-c2ccc(CC#N)cc2)cc1. The standard InChI is InChI=1S/C18H19N/c1-18(2,3)17-10-8-16(9-11-17)15-6-4-14(5-7-15)12-13-19/h4-11H,12H2,1-3H3. The summed E-state index contributed by atoms with van der Waals surface area (Å²) in [7, 11) is 0. The van der Waals surface area contributed by atoms with Crippen molar-refractivity contribution in [3.63, 3.8) is 0 Å². The Morgan fingerprint density at radius 3 is 1.74 bits per heavy atom. The van der Waals surface area contributed by atoms with Gasteiger partial charge in [0.15, 0.2) is 0 Å². The third kappa shape index (κ3) is 3.23. The third-order valence-electron chi connectivity index (χ3n) is 3.32. The lowest BCUT2D eigenvalue weighted by molar-refractivity contribution is 0.590. The molecule has 0 unspecified atom stereocenters. The summed E-state index contributed by atoms with van der Waals surface area (Å²) in [5.41, 5.74) is 5.02. The average molecular weight is 249 g/mol.